The van der Waals surface area contributed by atoms with Gasteiger partial charge in [0.1, 0.15) is 5.15 Å². The van der Waals surface area contributed by atoms with E-state index < -0.39 is 0 Å². The molecule has 2 rings (SSSR count). The zero-order chi connectivity index (χ0) is 15.4. The number of carbonyl (C=O) groups is 1. The molecule has 0 fully saturated rings. The van der Waals surface area contributed by atoms with Crippen molar-refractivity contribution in [3.05, 3.63) is 57.5 Å². The van der Waals surface area contributed by atoms with Crippen molar-refractivity contribution in [1.29, 1.82) is 0 Å². The molecular formula is C15H15BrClN3O. The summed E-state index contributed by atoms with van der Waals surface area (Å²) in [6.07, 6.45) is 5.03. The molecule has 0 bridgehead atoms. The third-order valence-electron chi connectivity index (χ3n) is 3.00. The highest BCUT2D eigenvalue weighted by Gasteiger charge is 2.22. The predicted octanol–water partition coefficient (Wildman–Crippen LogP) is 3.94. The Balaban J connectivity index is 2.30. The normalized spacial score (nSPS) is 10.7. The van der Waals surface area contributed by atoms with Crippen LogP contribution in [0.2, 0.25) is 5.15 Å². The lowest BCUT2D eigenvalue weighted by atomic mass is 10.1. The lowest BCUT2D eigenvalue weighted by molar-refractivity contribution is 0.0690. The number of hydrogen-bond donors (Lipinski definition) is 0. The smallest absolute Gasteiger partial charge is 0.257 e. The third kappa shape index (κ3) is 4.02. The third-order valence-corrected chi connectivity index (χ3v) is 3.73. The zero-order valence-electron chi connectivity index (χ0n) is 11.8. The first-order valence-corrected chi connectivity index (χ1v) is 7.67. The van der Waals surface area contributed by atoms with Gasteiger partial charge in [-0.3, -0.25) is 9.78 Å². The summed E-state index contributed by atoms with van der Waals surface area (Å²) in [5.41, 5.74) is 1.36. The van der Waals surface area contributed by atoms with E-state index >= 15 is 0 Å². The first-order valence-electron chi connectivity index (χ1n) is 6.50. The Kier molecular flexibility index (Phi) is 5.31. The predicted molar refractivity (Wildman–Crippen MR) is 86.2 cm³/mol. The van der Waals surface area contributed by atoms with Crippen LogP contribution in [0.3, 0.4) is 0 Å². The van der Waals surface area contributed by atoms with Crippen molar-refractivity contribution in [2.75, 3.05) is 0 Å². The summed E-state index contributed by atoms with van der Waals surface area (Å²) in [6.45, 7) is 4.41. The molecule has 0 unspecified atom stereocenters. The van der Waals surface area contributed by atoms with Gasteiger partial charge in [0.05, 0.1) is 5.56 Å². The highest BCUT2D eigenvalue weighted by molar-refractivity contribution is 9.10. The molecule has 0 radical (unpaired) electrons. The number of rotatable bonds is 4. The van der Waals surface area contributed by atoms with E-state index in [0.717, 1.165) is 10.0 Å². The maximum absolute atomic E-state index is 12.7. The number of nitrogens with zero attached hydrogens (tertiary/aromatic N) is 3. The molecule has 0 saturated heterocycles. The number of amides is 1. The average Bonchev–Trinajstić information content (AvgIpc) is 2.47. The number of aromatic nitrogens is 2. The second-order valence-corrected chi connectivity index (χ2v) is 6.15. The van der Waals surface area contributed by atoms with Crippen molar-refractivity contribution in [3.8, 4) is 0 Å². The van der Waals surface area contributed by atoms with E-state index in [1.54, 1.807) is 29.6 Å². The minimum Gasteiger partial charge on any atom is -0.332 e. The fourth-order valence-corrected chi connectivity index (χ4v) is 2.42. The van der Waals surface area contributed by atoms with Gasteiger partial charge in [-0.2, -0.15) is 0 Å². The second kappa shape index (κ2) is 7.00. The Morgan fingerprint density at radius 1 is 1.43 bits per heavy atom. The van der Waals surface area contributed by atoms with Crippen LogP contribution in [0, 0.1) is 0 Å². The summed E-state index contributed by atoms with van der Waals surface area (Å²) in [7, 11) is 0. The first kappa shape index (κ1) is 15.9. The van der Waals surface area contributed by atoms with Gasteiger partial charge in [0.25, 0.3) is 5.91 Å². The van der Waals surface area contributed by atoms with Gasteiger partial charge >= 0.3 is 0 Å². The van der Waals surface area contributed by atoms with E-state index in [4.69, 9.17) is 11.6 Å². The summed E-state index contributed by atoms with van der Waals surface area (Å²) >= 11 is 9.37. The van der Waals surface area contributed by atoms with Crippen LogP contribution in [0.15, 0.2) is 41.3 Å². The molecule has 110 valence electrons. The van der Waals surface area contributed by atoms with Gasteiger partial charge in [0.15, 0.2) is 0 Å². The van der Waals surface area contributed by atoms with Gasteiger partial charge in [0, 0.05) is 35.6 Å². The van der Waals surface area contributed by atoms with Gasteiger partial charge in [-0.25, -0.2) is 4.98 Å². The van der Waals surface area contributed by atoms with E-state index in [0.29, 0.717) is 12.1 Å². The quantitative estimate of drug-likeness (QED) is 0.768. The van der Waals surface area contributed by atoms with Crippen LogP contribution < -0.4 is 0 Å². The molecule has 0 spiro atoms. The fourth-order valence-electron chi connectivity index (χ4n) is 1.90. The number of carbonyl (C=O) groups excluding carboxylic acids is 1. The Morgan fingerprint density at radius 3 is 2.81 bits per heavy atom. The lowest BCUT2D eigenvalue weighted by Crippen LogP contribution is -2.36. The van der Waals surface area contributed by atoms with Gasteiger partial charge in [-0.05, 0) is 47.5 Å². The van der Waals surface area contributed by atoms with Gasteiger partial charge in [0.2, 0.25) is 0 Å². The molecule has 0 aliphatic rings. The van der Waals surface area contributed by atoms with Crippen LogP contribution in [0.4, 0.5) is 0 Å². The first-order chi connectivity index (χ1) is 9.99. The Bertz CT molecular complexity index is 634. The molecule has 1 amide bonds. The van der Waals surface area contributed by atoms with E-state index in [1.165, 1.54) is 0 Å². The summed E-state index contributed by atoms with van der Waals surface area (Å²) in [4.78, 5) is 22.6. The monoisotopic (exact) mass is 367 g/mol. The highest BCUT2D eigenvalue weighted by atomic mass is 79.9. The Morgan fingerprint density at radius 2 is 2.19 bits per heavy atom. The van der Waals surface area contributed by atoms with Crippen molar-refractivity contribution in [3.63, 3.8) is 0 Å². The van der Waals surface area contributed by atoms with Crippen LogP contribution in [0.1, 0.15) is 29.8 Å². The maximum atomic E-state index is 12.7. The Labute approximate surface area is 137 Å². The molecule has 4 nitrogen and oxygen atoms in total. The molecular weight excluding hydrogens is 354 g/mol. The fraction of sp³-hybridized carbons (Fsp3) is 0.267. The summed E-state index contributed by atoms with van der Waals surface area (Å²) in [6, 6.07) is 5.52. The molecule has 0 atom stereocenters. The van der Waals surface area contributed by atoms with Crippen LogP contribution in [0.5, 0.6) is 0 Å². The summed E-state index contributed by atoms with van der Waals surface area (Å²) in [5.74, 6) is -0.146. The SMILES string of the molecule is CC(C)N(Cc1cccnc1)C(=O)c1cc(Br)cnc1Cl. The van der Waals surface area contributed by atoms with E-state index in [-0.39, 0.29) is 17.1 Å². The molecule has 0 saturated carbocycles. The minimum atomic E-state index is -0.146. The van der Waals surface area contributed by atoms with Crippen LogP contribution >= 0.6 is 27.5 Å². The van der Waals surface area contributed by atoms with Gasteiger partial charge in [-0.1, -0.05) is 17.7 Å². The van der Waals surface area contributed by atoms with Crippen molar-refractivity contribution < 1.29 is 4.79 Å². The summed E-state index contributed by atoms with van der Waals surface area (Å²) in [5, 5.41) is 0.208. The van der Waals surface area contributed by atoms with E-state index in [1.807, 2.05) is 26.0 Å². The molecule has 2 aromatic rings. The number of halogens is 2. The molecule has 0 N–H and O–H groups in total. The minimum absolute atomic E-state index is 0.0350. The van der Waals surface area contributed by atoms with Crippen molar-refractivity contribution in [2.45, 2.75) is 26.4 Å². The molecule has 0 aliphatic heterocycles. The molecule has 0 aromatic carbocycles. The van der Waals surface area contributed by atoms with Gasteiger partial charge < -0.3 is 4.90 Å². The summed E-state index contributed by atoms with van der Waals surface area (Å²) < 4.78 is 0.723. The van der Waals surface area contributed by atoms with Crippen LogP contribution in [-0.2, 0) is 6.54 Å². The second-order valence-electron chi connectivity index (χ2n) is 4.88. The number of hydrogen-bond acceptors (Lipinski definition) is 3. The average molecular weight is 369 g/mol. The van der Waals surface area contributed by atoms with Crippen LogP contribution in [-0.4, -0.2) is 26.8 Å². The molecule has 6 heteroatoms. The number of pyridine rings is 2. The van der Waals surface area contributed by atoms with Crippen molar-refractivity contribution in [2.24, 2.45) is 0 Å². The van der Waals surface area contributed by atoms with Gasteiger partial charge in [-0.15, -0.1) is 0 Å². The standard InChI is InChI=1S/C15H15BrClN3O/c1-10(2)20(9-11-4-3-5-18-7-11)15(21)13-6-12(16)8-19-14(13)17/h3-8,10H,9H2,1-2H3. The Hall–Kier alpha value is -1.46. The zero-order valence-corrected chi connectivity index (χ0v) is 14.1. The molecule has 21 heavy (non-hydrogen) atoms. The highest BCUT2D eigenvalue weighted by Crippen LogP contribution is 2.21. The molecule has 2 aromatic heterocycles. The lowest BCUT2D eigenvalue weighted by Gasteiger charge is -2.27. The largest absolute Gasteiger partial charge is 0.332 e. The van der Waals surface area contributed by atoms with E-state index in [2.05, 4.69) is 25.9 Å². The molecule has 2 heterocycles. The van der Waals surface area contributed by atoms with Crippen LogP contribution in [0.25, 0.3) is 0 Å². The maximum Gasteiger partial charge on any atom is 0.257 e. The van der Waals surface area contributed by atoms with E-state index in [9.17, 15) is 4.79 Å². The molecule has 0 aliphatic carbocycles. The van der Waals surface area contributed by atoms with Crippen molar-refractivity contribution in [1.82, 2.24) is 14.9 Å². The van der Waals surface area contributed by atoms with Crippen molar-refractivity contribution >= 4 is 33.4 Å². The topological polar surface area (TPSA) is 46.1 Å².